The van der Waals surface area contributed by atoms with Crippen molar-refractivity contribution < 1.29 is 38.0 Å². The fraction of sp³-hybridized carbons (Fsp3) is 0.308. The van der Waals surface area contributed by atoms with Crippen LogP contribution in [0.2, 0.25) is 0 Å². The van der Waals surface area contributed by atoms with Crippen LogP contribution in [0.3, 0.4) is 0 Å². The van der Waals surface area contributed by atoms with Crippen molar-refractivity contribution in [2.75, 3.05) is 26.4 Å². The molecule has 60 heavy (non-hydrogen) atoms. The SMILES string of the molecule is C=C(\C=C/C(C(=C)C)=C(/C=C/C(=O)COCC)C(=O)OCC)Cc1cccc(C2CC(OCc3ccccc3)[C@H](OCc3ccccc3)C(COCc3ccccc3)O2)c1. The Labute approximate surface area is 355 Å². The molecule has 1 aliphatic heterocycles. The smallest absolute Gasteiger partial charge is 0.338 e. The third-order valence-corrected chi connectivity index (χ3v) is 9.87. The first kappa shape index (κ1) is 45.6. The van der Waals surface area contributed by atoms with Crippen LogP contribution in [0.5, 0.6) is 0 Å². The summed E-state index contributed by atoms with van der Waals surface area (Å²) < 4.78 is 37.2. The molecule has 5 rings (SSSR count). The number of benzene rings is 4. The lowest BCUT2D eigenvalue weighted by Crippen LogP contribution is -2.50. The molecular weight excluding hydrogens is 753 g/mol. The summed E-state index contributed by atoms with van der Waals surface area (Å²) in [6.07, 6.45) is 6.21. The van der Waals surface area contributed by atoms with Crippen molar-refractivity contribution in [3.8, 4) is 0 Å². The van der Waals surface area contributed by atoms with Gasteiger partial charge in [-0.25, -0.2) is 4.79 Å². The zero-order valence-electron chi connectivity index (χ0n) is 35.1. The Hall–Kier alpha value is -5.48. The highest BCUT2D eigenvalue weighted by Crippen LogP contribution is 2.36. The Morgan fingerprint density at radius 2 is 1.28 bits per heavy atom. The standard InChI is InChI=1S/C52H58O8/c1-6-55-36-45(53)27-29-47(52(54)57-7-2)46(38(3)4)28-26-39(5)30-43-24-17-25-44(31-43)48-32-49(58-34-41-20-13-9-14-21-41)51(59-35-42-22-15-10-16-23-42)50(60-48)37-56-33-40-18-11-8-12-19-40/h8-29,31,48-51H,3,5-7,30,32-37H2,1-2,4H3/b28-26-,29-27+,47-46+/t48?,49?,50?,51-/m0/s1. The normalized spacial score (nSPS) is 18.3. The number of allylic oxidation sites excluding steroid dienone is 5. The Kier molecular flexibility index (Phi) is 18.7. The molecule has 0 spiro atoms. The summed E-state index contributed by atoms with van der Waals surface area (Å²) in [5.41, 5.74) is 7.51. The van der Waals surface area contributed by atoms with Gasteiger partial charge in [0.2, 0.25) is 0 Å². The van der Waals surface area contributed by atoms with E-state index < -0.39 is 12.1 Å². The van der Waals surface area contributed by atoms with E-state index in [-0.39, 0.29) is 42.9 Å². The summed E-state index contributed by atoms with van der Waals surface area (Å²) in [6.45, 7) is 15.9. The number of carbonyl (C=O) groups excluding carboxylic acids is 2. The summed E-state index contributed by atoms with van der Waals surface area (Å²) in [7, 11) is 0. The predicted molar refractivity (Wildman–Crippen MR) is 236 cm³/mol. The molecule has 4 atom stereocenters. The van der Waals surface area contributed by atoms with Gasteiger partial charge in [0, 0.05) is 13.0 Å². The molecular formula is C52H58O8. The number of hydrogen-bond acceptors (Lipinski definition) is 8. The van der Waals surface area contributed by atoms with E-state index in [1.165, 1.54) is 12.2 Å². The van der Waals surface area contributed by atoms with Crippen LogP contribution in [0.4, 0.5) is 0 Å². The van der Waals surface area contributed by atoms with Crippen molar-refractivity contribution in [2.24, 2.45) is 0 Å². The molecule has 0 aliphatic carbocycles. The largest absolute Gasteiger partial charge is 0.462 e. The van der Waals surface area contributed by atoms with E-state index in [9.17, 15) is 9.59 Å². The molecule has 4 aromatic rings. The fourth-order valence-corrected chi connectivity index (χ4v) is 6.86. The molecule has 8 nitrogen and oxygen atoms in total. The molecule has 0 bridgehead atoms. The first-order valence-electron chi connectivity index (χ1n) is 20.6. The van der Waals surface area contributed by atoms with Crippen LogP contribution < -0.4 is 0 Å². The lowest BCUT2D eigenvalue weighted by molar-refractivity contribution is -0.222. The summed E-state index contributed by atoms with van der Waals surface area (Å²) in [5.74, 6) is -0.806. The van der Waals surface area contributed by atoms with Gasteiger partial charge in [-0.15, -0.1) is 0 Å². The van der Waals surface area contributed by atoms with Crippen LogP contribution in [0, 0.1) is 0 Å². The van der Waals surface area contributed by atoms with Gasteiger partial charge in [-0.3, -0.25) is 4.79 Å². The predicted octanol–water partition coefficient (Wildman–Crippen LogP) is 10.2. The number of hydrogen-bond donors (Lipinski definition) is 0. The minimum absolute atomic E-state index is 0.0736. The van der Waals surface area contributed by atoms with Gasteiger partial charge in [-0.05, 0) is 72.7 Å². The van der Waals surface area contributed by atoms with Crippen molar-refractivity contribution in [3.63, 3.8) is 0 Å². The molecule has 1 fully saturated rings. The van der Waals surface area contributed by atoms with Crippen molar-refractivity contribution >= 4 is 11.8 Å². The monoisotopic (exact) mass is 810 g/mol. The highest BCUT2D eigenvalue weighted by Gasteiger charge is 2.41. The topological polar surface area (TPSA) is 89.5 Å². The minimum atomic E-state index is -0.547. The van der Waals surface area contributed by atoms with Crippen LogP contribution >= 0.6 is 0 Å². The van der Waals surface area contributed by atoms with Crippen molar-refractivity contribution in [1.29, 1.82) is 0 Å². The molecule has 8 heteroatoms. The lowest BCUT2D eigenvalue weighted by atomic mass is 9.92. The zero-order chi connectivity index (χ0) is 42.5. The van der Waals surface area contributed by atoms with E-state index in [0.717, 1.165) is 33.4 Å². The van der Waals surface area contributed by atoms with Gasteiger partial charge in [0.05, 0.1) is 50.8 Å². The quantitative estimate of drug-likeness (QED) is 0.0416. The Balaban J connectivity index is 1.37. The van der Waals surface area contributed by atoms with Gasteiger partial charge < -0.3 is 28.4 Å². The van der Waals surface area contributed by atoms with Crippen LogP contribution in [-0.4, -0.2) is 56.5 Å². The molecule has 0 aromatic heterocycles. The van der Waals surface area contributed by atoms with Crippen molar-refractivity contribution in [3.05, 3.63) is 203 Å². The molecule has 314 valence electrons. The zero-order valence-corrected chi connectivity index (χ0v) is 35.1. The van der Waals surface area contributed by atoms with Gasteiger partial charge in [-0.2, -0.15) is 0 Å². The van der Waals surface area contributed by atoms with E-state index in [1.807, 2.05) is 85.8 Å². The van der Waals surface area contributed by atoms with Crippen LogP contribution in [0.25, 0.3) is 0 Å². The van der Waals surface area contributed by atoms with Crippen LogP contribution in [0.1, 0.15) is 61.1 Å². The summed E-state index contributed by atoms with van der Waals surface area (Å²) in [5, 5.41) is 0. The van der Waals surface area contributed by atoms with Crippen LogP contribution in [-0.2, 0) is 64.3 Å². The summed E-state index contributed by atoms with van der Waals surface area (Å²) in [6, 6.07) is 38.7. The van der Waals surface area contributed by atoms with E-state index >= 15 is 0 Å². The maximum Gasteiger partial charge on any atom is 0.338 e. The minimum Gasteiger partial charge on any atom is -0.462 e. The summed E-state index contributed by atoms with van der Waals surface area (Å²) >= 11 is 0. The Morgan fingerprint density at radius 1 is 0.683 bits per heavy atom. The third kappa shape index (κ3) is 14.7. The molecule has 0 radical (unpaired) electrons. The molecule has 0 N–H and O–H groups in total. The Bertz CT molecular complexity index is 2070. The number of ketones is 1. The number of esters is 1. The molecule has 1 aliphatic rings. The molecule has 3 unspecified atom stereocenters. The molecule has 1 heterocycles. The first-order valence-corrected chi connectivity index (χ1v) is 20.6. The third-order valence-electron chi connectivity index (χ3n) is 9.87. The molecule has 1 saturated heterocycles. The highest BCUT2D eigenvalue weighted by atomic mass is 16.6. The van der Waals surface area contributed by atoms with E-state index in [2.05, 4.69) is 55.6 Å². The van der Waals surface area contributed by atoms with Gasteiger partial charge in [-0.1, -0.05) is 152 Å². The first-order chi connectivity index (χ1) is 29.2. The second kappa shape index (κ2) is 24.6. The van der Waals surface area contributed by atoms with Crippen LogP contribution in [0.15, 0.2) is 175 Å². The van der Waals surface area contributed by atoms with E-state index in [0.29, 0.717) is 57.0 Å². The fourth-order valence-electron chi connectivity index (χ4n) is 6.86. The van der Waals surface area contributed by atoms with E-state index in [4.69, 9.17) is 28.4 Å². The Morgan fingerprint density at radius 3 is 1.90 bits per heavy atom. The maximum absolute atomic E-state index is 13.0. The average molecular weight is 811 g/mol. The van der Waals surface area contributed by atoms with E-state index in [1.54, 1.807) is 19.9 Å². The van der Waals surface area contributed by atoms with Gasteiger partial charge in [0.15, 0.2) is 5.78 Å². The molecule has 4 aromatic carbocycles. The second-order valence-corrected chi connectivity index (χ2v) is 14.7. The van der Waals surface area contributed by atoms with Gasteiger partial charge in [0.1, 0.15) is 18.8 Å². The molecule has 0 saturated carbocycles. The van der Waals surface area contributed by atoms with Crippen molar-refractivity contribution in [1.82, 2.24) is 0 Å². The number of rotatable bonds is 23. The van der Waals surface area contributed by atoms with Gasteiger partial charge in [0.25, 0.3) is 0 Å². The average Bonchev–Trinajstić information content (AvgIpc) is 3.26. The second-order valence-electron chi connectivity index (χ2n) is 14.7. The maximum atomic E-state index is 13.0. The highest BCUT2D eigenvalue weighted by molar-refractivity contribution is 5.98. The number of ether oxygens (including phenoxy) is 6. The number of carbonyl (C=O) groups is 2. The van der Waals surface area contributed by atoms with Gasteiger partial charge >= 0.3 is 5.97 Å². The summed E-state index contributed by atoms with van der Waals surface area (Å²) in [4.78, 5) is 25.4. The lowest BCUT2D eigenvalue weighted by Gasteiger charge is -2.42. The molecule has 0 amide bonds. The van der Waals surface area contributed by atoms with Crippen molar-refractivity contribution in [2.45, 2.75) is 77.8 Å².